The van der Waals surface area contributed by atoms with Crippen LogP contribution in [0.3, 0.4) is 0 Å². The minimum Gasteiger partial charge on any atom is -0.480 e. The van der Waals surface area contributed by atoms with Crippen molar-refractivity contribution in [3.8, 4) is 0 Å². The molecule has 0 aliphatic carbocycles. The van der Waals surface area contributed by atoms with Crippen molar-refractivity contribution in [2.45, 2.75) is 84.5 Å². The van der Waals surface area contributed by atoms with Crippen LogP contribution in [0.5, 0.6) is 0 Å². The van der Waals surface area contributed by atoms with Crippen molar-refractivity contribution >= 4 is 29.6 Å². The SMILES string of the molecule is CCC(C)C(N)C(=O)NC(C)C(=O)NC(CC(C)C)C(=O)NC(CCC(N)=O)C(=O)O. The Labute approximate surface area is 183 Å². The first-order valence-electron chi connectivity index (χ1n) is 10.5. The van der Waals surface area contributed by atoms with E-state index in [-0.39, 0.29) is 31.1 Å². The fraction of sp³-hybridized carbons (Fsp3) is 0.750. The van der Waals surface area contributed by atoms with E-state index in [1.54, 1.807) is 0 Å². The molecule has 0 heterocycles. The van der Waals surface area contributed by atoms with Crippen LogP contribution in [0.1, 0.15) is 60.3 Å². The molecule has 8 N–H and O–H groups in total. The van der Waals surface area contributed by atoms with Crippen molar-refractivity contribution in [1.29, 1.82) is 0 Å². The molecule has 31 heavy (non-hydrogen) atoms. The summed E-state index contributed by atoms with van der Waals surface area (Å²) in [5, 5.41) is 16.7. The molecule has 0 bridgehead atoms. The summed E-state index contributed by atoms with van der Waals surface area (Å²) in [4.78, 5) is 59.7. The Morgan fingerprint density at radius 1 is 0.871 bits per heavy atom. The molecule has 0 spiro atoms. The van der Waals surface area contributed by atoms with E-state index in [4.69, 9.17) is 11.5 Å². The summed E-state index contributed by atoms with van der Waals surface area (Å²) >= 11 is 0. The van der Waals surface area contributed by atoms with Crippen LogP contribution >= 0.6 is 0 Å². The van der Waals surface area contributed by atoms with Crippen LogP contribution in [0.2, 0.25) is 0 Å². The first kappa shape index (κ1) is 28.3. The quantitative estimate of drug-likeness (QED) is 0.203. The maximum absolute atomic E-state index is 12.6. The largest absolute Gasteiger partial charge is 0.480 e. The summed E-state index contributed by atoms with van der Waals surface area (Å²) in [6.07, 6.45) is 0.565. The van der Waals surface area contributed by atoms with Gasteiger partial charge in [0, 0.05) is 6.42 Å². The van der Waals surface area contributed by atoms with Gasteiger partial charge in [-0.2, -0.15) is 0 Å². The third-order valence-corrected chi connectivity index (χ3v) is 4.95. The highest BCUT2D eigenvalue weighted by atomic mass is 16.4. The zero-order chi connectivity index (χ0) is 24.3. The lowest BCUT2D eigenvalue weighted by Crippen LogP contribution is -2.57. The van der Waals surface area contributed by atoms with Crippen molar-refractivity contribution in [3.05, 3.63) is 0 Å². The van der Waals surface area contributed by atoms with Gasteiger partial charge in [0.2, 0.25) is 23.6 Å². The zero-order valence-electron chi connectivity index (χ0n) is 18.9. The second-order valence-electron chi connectivity index (χ2n) is 8.24. The highest BCUT2D eigenvalue weighted by Crippen LogP contribution is 2.08. The molecule has 0 saturated heterocycles. The molecule has 5 unspecified atom stereocenters. The normalized spacial score (nSPS) is 15.8. The van der Waals surface area contributed by atoms with Gasteiger partial charge in [0.1, 0.15) is 18.1 Å². The lowest BCUT2D eigenvalue weighted by Gasteiger charge is -2.25. The van der Waals surface area contributed by atoms with E-state index in [1.165, 1.54) is 6.92 Å². The number of amides is 4. The molecular weight excluding hydrogens is 406 g/mol. The lowest BCUT2D eigenvalue weighted by atomic mass is 9.99. The number of rotatable bonds is 14. The summed E-state index contributed by atoms with van der Waals surface area (Å²) < 4.78 is 0. The summed E-state index contributed by atoms with van der Waals surface area (Å²) in [6, 6.07) is -4.06. The van der Waals surface area contributed by atoms with Gasteiger partial charge in [-0.15, -0.1) is 0 Å². The Bertz CT molecular complexity index is 654. The van der Waals surface area contributed by atoms with Gasteiger partial charge in [-0.25, -0.2) is 4.79 Å². The average Bonchev–Trinajstić information content (AvgIpc) is 2.67. The van der Waals surface area contributed by atoms with Crippen LogP contribution in [0.4, 0.5) is 0 Å². The van der Waals surface area contributed by atoms with Gasteiger partial charge >= 0.3 is 5.97 Å². The van der Waals surface area contributed by atoms with Crippen molar-refractivity contribution < 1.29 is 29.1 Å². The molecule has 11 nitrogen and oxygen atoms in total. The van der Waals surface area contributed by atoms with Gasteiger partial charge in [-0.1, -0.05) is 34.1 Å². The number of carboxylic acids is 1. The van der Waals surface area contributed by atoms with E-state index in [9.17, 15) is 29.1 Å². The van der Waals surface area contributed by atoms with Crippen molar-refractivity contribution in [2.75, 3.05) is 0 Å². The number of carbonyl (C=O) groups is 5. The molecule has 0 rings (SSSR count). The molecule has 0 fully saturated rings. The molecule has 0 aromatic carbocycles. The van der Waals surface area contributed by atoms with E-state index in [0.717, 1.165) is 0 Å². The van der Waals surface area contributed by atoms with Crippen LogP contribution in [0, 0.1) is 11.8 Å². The number of nitrogens with two attached hydrogens (primary N) is 2. The molecule has 0 radical (unpaired) electrons. The first-order valence-corrected chi connectivity index (χ1v) is 10.5. The average molecular weight is 444 g/mol. The van der Waals surface area contributed by atoms with Gasteiger partial charge in [0.15, 0.2) is 0 Å². The Morgan fingerprint density at radius 3 is 1.87 bits per heavy atom. The molecule has 11 heteroatoms. The fourth-order valence-electron chi connectivity index (χ4n) is 2.70. The van der Waals surface area contributed by atoms with Crippen molar-refractivity contribution in [1.82, 2.24) is 16.0 Å². The monoisotopic (exact) mass is 443 g/mol. The summed E-state index contributed by atoms with van der Waals surface area (Å²) in [7, 11) is 0. The molecule has 0 aromatic rings. The number of carbonyl (C=O) groups excluding carboxylic acids is 4. The predicted molar refractivity (Wildman–Crippen MR) is 114 cm³/mol. The summed E-state index contributed by atoms with van der Waals surface area (Å²) in [5.41, 5.74) is 10.9. The molecule has 0 aromatic heterocycles. The number of nitrogens with one attached hydrogen (secondary N) is 3. The van der Waals surface area contributed by atoms with Gasteiger partial charge < -0.3 is 32.5 Å². The van der Waals surface area contributed by atoms with Crippen LogP contribution in [-0.4, -0.2) is 58.9 Å². The molecule has 0 aliphatic rings. The van der Waals surface area contributed by atoms with E-state index >= 15 is 0 Å². The first-order chi connectivity index (χ1) is 14.3. The van der Waals surface area contributed by atoms with Crippen LogP contribution < -0.4 is 27.4 Å². The molecule has 0 aliphatic heterocycles. The maximum Gasteiger partial charge on any atom is 0.326 e. The summed E-state index contributed by atoms with van der Waals surface area (Å²) in [5.74, 6) is -3.84. The summed E-state index contributed by atoms with van der Waals surface area (Å²) in [6.45, 7) is 8.87. The maximum atomic E-state index is 12.6. The van der Waals surface area contributed by atoms with E-state index in [1.807, 2.05) is 27.7 Å². The number of primary amides is 1. The Balaban J connectivity index is 5.15. The van der Waals surface area contributed by atoms with Crippen molar-refractivity contribution in [3.63, 3.8) is 0 Å². The molecule has 178 valence electrons. The van der Waals surface area contributed by atoms with Crippen LogP contribution in [-0.2, 0) is 24.0 Å². The Kier molecular flexibility index (Phi) is 12.4. The number of aliphatic carboxylic acids is 1. The molecule has 0 saturated carbocycles. The topological polar surface area (TPSA) is 194 Å². The standard InChI is InChI=1S/C20H37N5O6/c1-6-11(4)16(22)19(29)23-12(5)17(27)25-14(9-10(2)3)18(28)24-13(20(30)31)7-8-15(21)26/h10-14,16H,6-9,22H2,1-5H3,(H2,21,26)(H,23,29)(H,24,28)(H,25,27)(H,30,31). The van der Waals surface area contributed by atoms with E-state index in [0.29, 0.717) is 6.42 Å². The molecule has 5 atom stereocenters. The number of carboxylic acid groups (broad SMARTS) is 1. The van der Waals surface area contributed by atoms with Crippen molar-refractivity contribution in [2.24, 2.45) is 23.3 Å². The van der Waals surface area contributed by atoms with Crippen LogP contribution in [0.25, 0.3) is 0 Å². The Morgan fingerprint density at radius 2 is 1.42 bits per heavy atom. The van der Waals surface area contributed by atoms with Crippen LogP contribution in [0.15, 0.2) is 0 Å². The number of hydrogen-bond donors (Lipinski definition) is 6. The highest BCUT2D eigenvalue weighted by molar-refractivity contribution is 5.94. The fourth-order valence-corrected chi connectivity index (χ4v) is 2.70. The van der Waals surface area contributed by atoms with Gasteiger partial charge in [-0.3, -0.25) is 19.2 Å². The minimum atomic E-state index is -1.32. The van der Waals surface area contributed by atoms with Gasteiger partial charge in [0.25, 0.3) is 0 Å². The van der Waals surface area contributed by atoms with E-state index in [2.05, 4.69) is 16.0 Å². The predicted octanol–water partition coefficient (Wildman–Crippen LogP) is -0.770. The second kappa shape index (κ2) is 13.6. The smallest absolute Gasteiger partial charge is 0.326 e. The zero-order valence-corrected chi connectivity index (χ0v) is 18.9. The minimum absolute atomic E-state index is 0.00803. The van der Waals surface area contributed by atoms with Gasteiger partial charge in [-0.05, 0) is 31.6 Å². The molecule has 4 amide bonds. The second-order valence-corrected chi connectivity index (χ2v) is 8.24. The number of hydrogen-bond acceptors (Lipinski definition) is 6. The third kappa shape index (κ3) is 10.8. The molecular formula is C20H37N5O6. The van der Waals surface area contributed by atoms with Gasteiger partial charge in [0.05, 0.1) is 6.04 Å². The van der Waals surface area contributed by atoms with E-state index < -0.39 is 53.8 Å². The lowest BCUT2D eigenvalue weighted by molar-refractivity contribution is -0.142. The third-order valence-electron chi connectivity index (χ3n) is 4.95. The highest BCUT2D eigenvalue weighted by Gasteiger charge is 2.29. The Hall–Kier alpha value is -2.69.